The van der Waals surface area contributed by atoms with Gasteiger partial charge in [-0.1, -0.05) is 97.6 Å². The highest BCUT2D eigenvalue weighted by molar-refractivity contribution is 5.03. The van der Waals surface area contributed by atoms with Crippen LogP contribution in [0, 0.1) is 52.8 Å². The van der Waals surface area contributed by atoms with Gasteiger partial charge in [-0.05, 0) is 239 Å². The molecule has 68 heavy (non-hydrogen) atoms. The molecule has 9 fully saturated rings. The van der Waals surface area contributed by atoms with Gasteiger partial charge in [0.1, 0.15) is 0 Å². The second kappa shape index (κ2) is 23.8. The first-order valence-electron chi connectivity index (χ1n) is 31.3. The standard InChI is InChI=1S/C63H106N4O/c1-45-13-11-19-59(43-45)66(55-15-7-5-8-16-55)57-39-33-50(34-40-57)51-35-41-58(42-36-51)67(56-17-9-6-10-18-56)60-20-12-14-47(44-60)22-21-46-23-25-48(26-24-46)49-27-29-52(30-28-49)61-64-65-62(68-61)53-31-37-54(38-32-53)63(2,3)4/h21-22,45-60H,5-20,23-44H2,1-4H3/b22-21-. The molecule has 0 spiro atoms. The average molecular weight is 936 g/mol. The maximum absolute atomic E-state index is 6.47. The molecule has 4 unspecified atom stereocenters. The third kappa shape index (κ3) is 12.6. The van der Waals surface area contributed by atoms with E-state index in [0.717, 1.165) is 95.4 Å². The molecule has 9 saturated carbocycles. The molecule has 10 rings (SSSR count). The quantitative estimate of drug-likeness (QED) is 0.195. The zero-order valence-corrected chi connectivity index (χ0v) is 45.0. The monoisotopic (exact) mass is 935 g/mol. The summed E-state index contributed by atoms with van der Waals surface area (Å²) in [6.45, 7) is 9.78. The van der Waals surface area contributed by atoms with E-state index in [4.69, 9.17) is 4.42 Å². The lowest BCUT2D eigenvalue weighted by molar-refractivity contribution is -0.00980. The van der Waals surface area contributed by atoms with Gasteiger partial charge >= 0.3 is 0 Å². The molecule has 9 aliphatic rings. The normalized spacial score (nSPS) is 40.3. The number of rotatable bonds is 12. The molecule has 0 aliphatic heterocycles. The summed E-state index contributed by atoms with van der Waals surface area (Å²) in [5.41, 5.74) is 0.415. The van der Waals surface area contributed by atoms with E-state index < -0.39 is 0 Å². The van der Waals surface area contributed by atoms with Gasteiger partial charge in [-0.15, -0.1) is 10.2 Å². The van der Waals surface area contributed by atoms with Gasteiger partial charge in [0.15, 0.2) is 0 Å². The zero-order valence-electron chi connectivity index (χ0n) is 45.0. The van der Waals surface area contributed by atoms with Crippen LogP contribution in [0.2, 0.25) is 0 Å². The van der Waals surface area contributed by atoms with Gasteiger partial charge in [-0.25, -0.2) is 0 Å². The minimum absolute atomic E-state index is 0.415. The van der Waals surface area contributed by atoms with E-state index in [9.17, 15) is 0 Å². The number of aromatic nitrogens is 2. The summed E-state index contributed by atoms with van der Waals surface area (Å²) in [5, 5.41) is 9.31. The summed E-state index contributed by atoms with van der Waals surface area (Å²) < 4.78 is 6.47. The van der Waals surface area contributed by atoms with Crippen LogP contribution in [0.5, 0.6) is 0 Å². The van der Waals surface area contributed by atoms with Crippen molar-refractivity contribution in [3.8, 4) is 0 Å². The molecule has 0 bridgehead atoms. The molecule has 1 heterocycles. The van der Waals surface area contributed by atoms with Gasteiger partial charge in [0.25, 0.3) is 0 Å². The fourth-order valence-corrected chi connectivity index (χ4v) is 18.4. The molecule has 0 amide bonds. The summed E-state index contributed by atoms with van der Waals surface area (Å²) in [4.78, 5) is 6.50. The Hall–Kier alpha value is -1.20. The second-order valence-electron chi connectivity index (χ2n) is 27.7. The van der Waals surface area contributed by atoms with Crippen LogP contribution in [0.4, 0.5) is 0 Å². The third-order valence-electron chi connectivity index (χ3n) is 22.4. The Kier molecular flexibility index (Phi) is 17.6. The predicted molar refractivity (Wildman–Crippen MR) is 284 cm³/mol. The minimum Gasteiger partial charge on any atom is -0.425 e. The maximum Gasteiger partial charge on any atom is 0.219 e. The van der Waals surface area contributed by atoms with Crippen molar-refractivity contribution in [3.63, 3.8) is 0 Å². The van der Waals surface area contributed by atoms with E-state index in [-0.39, 0.29) is 0 Å². The van der Waals surface area contributed by atoms with Gasteiger partial charge in [-0.3, -0.25) is 9.80 Å². The van der Waals surface area contributed by atoms with Crippen LogP contribution in [-0.4, -0.2) is 56.2 Å². The van der Waals surface area contributed by atoms with Gasteiger partial charge < -0.3 is 4.42 Å². The largest absolute Gasteiger partial charge is 0.425 e. The Morgan fingerprint density at radius 1 is 0.382 bits per heavy atom. The van der Waals surface area contributed by atoms with Crippen molar-refractivity contribution in [3.05, 3.63) is 23.9 Å². The van der Waals surface area contributed by atoms with Crippen molar-refractivity contribution >= 4 is 0 Å². The van der Waals surface area contributed by atoms with Crippen molar-refractivity contribution in [1.82, 2.24) is 20.0 Å². The molecule has 0 radical (unpaired) electrons. The van der Waals surface area contributed by atoms with Crippen LogP contribution in [0.15, 0.2) is 16.6 Å². The van der Waals surface area contributed by atoms with Crippen LogP contribution in [0.1, 0.15) is 295 Å². The van der Waals surface area contributed by atoms with E-state index in [1.165, 1.54) is 231 Å². The van der Waals surface area contributed by atoms with E-state index in [1.54, 1.807) is 12.8 Å². The van der Waals surface area contributed by atoms with Crippen LogP contribution in [-0.2, 0) is 0 Å². The molecule has 384 valence electrons. The molecule has 5 nitrogen and oxygen atoms in total. The van der Waals surface area contributed by atoms with Crippen LogP contribution < -0.4 is 0 Å². The molecular weight excluding hydrogens is 829 g/mol. The molecule has 1 aromatic heterocycles. The Morgan fingerprint density at radius 2 is 0.779 bits per heavy atom. The average Bonchev–Trinajstić information content (AvgIpc) is 3.88. The molecule has 5 heteroatoms. The van der Waals surface area contributed by atoms with Crippen molar-refractivity contribution in [2.45, 2.75) is 320 Å². The highest BCUT2D eigenvalue weighted by Gasteiger charge is 2.42. The lowest BCUT2D eigenvalue weighted by Crippen LogP contribution is -2.53. The van der Waals surface area contributed by atoms with Gasteiger partial charge in [0, 0.05) is 48.1 Å². The Labute approximate surface area is 419 Å². The SMILES string of the molecule is CC1CCCC(N(C2CCCCC2)C2CCC(C3CCC(N(C4CCCCC4)C4CCCC(/C=C\C5CCC(C6CCC(c7nnc(C8CCC(C(C)(C)C)CC8)o7)CC6)CC5)C4)CC3)CC2)C1. The third-order valence-corrected chi connectivity index (χ3v) is 22.4. The summed E-state index contributed by atoms with van der Waals surface area (Å²) in [5.74, 6) is 10.2. The van der Waals surface area contributed by atoms with Crippen LogP contribution in [0.3, 0.4) is 0 Å². The number of nitrogens with zero attached hydrogens (tertiary/aromatic N) is 4. The van der Waals surface area contributed by atoms with E-state index in [2.05, 4.69) is 59.8 Å². The Balaban J connectivity index is 0.667. The molecule has 1 aromatic rings. The van der Waals surface area contributed by atoms with Crippen molar-refractivity contribution in [2.24, 2.45) is 52.8 Å². The molecule has 9 aliphatic carbocycles. The fraction of sp³-hybridized carbons (Fsp3) is 0.937. The lowest BCUT2D eigenvalue weighted by Gasteiger charge is -2.51. The lowest BCUT2D eigenvalue weighted by atomic mass is 9.69. The highest BCUT2D eigenvalue weighted by Crippen LogP contribution is 2.48. The molecule has 0 aromatic carbocycles. The minimum atomic E-state index is 0.415. The van der Waals surface area contributed by atoms with Crippen molar-refractivity contribution in [2.75, 3.05) is 0 Å². The summed E-state index contributed by atoms with van der Waals surface area (Å²) >= 11 is 0. The van der Waals surface area contributed by atoms with Gasteiger partial charge in [0.2, 0.25) is 11.8 Å². The fourth-order valence-electron chi connectivity index (χ4n) is 18.4. The predicted octanol–water partition coefficient (Wildman–Crippen LogP) is 17.6. The van der Waals surface area contributed by atoms with Crippen LogP contribution >= 0.6 is 0 Å². The highest BCUT2D eigenvalue weighted by atomic mass is 16.4. The summed E-state index contributed by atoms with van der Waals surface area (Å²) in [6.07, 6.45) is 60.5. The Morgan fingerprint density at radius 3 is 1.26 bits per heavy atom. The van der Waals surface area contributed by atoms with E-state index in [1.807, 2.05) is 0 Å². The number of hydrogen-bond acceptors (Lipinski definition) is 5. The van der Waals surface area contributed by atoms with E-state index in [0.29, 0.717) is 17.3 Å². The molecule has 0 saturated heterocycles. The molecular formula is C63H106N4O. The van der Waals surface area contributed by atoms with Gasteiger partial charge in [-0.2, -0.15) is 0 Å². The van der Waals surface area contributed by atoms with Crippen molar-refractivity contribution in [1.29, 1.82) is 0 Å². The summed E-state index contributed by atoms with van der Waals surface area (Å²) in [7, 11) is 0. The van der Waals surface area contributed by atoms with Crippen LogP contribution in [0.25, 0.3) is 0 Å². The van der Waals surface area contributed by atoms with E-state index >= 15 is 0 Å². The molecule has 0 N–H and O–H groups in total. The Bertz CT molecular complexity index is 1640. The number of allylic oxidation sites excluding steroid dienone is 2. The van der Waals surface area contributed by atoms with Crippen molar-refractivity contribution < 1.29 is 4.42 Å². The first-order valence-corrected chi connectivity index (χ1v) is 31.3. The molecule has 4 atom stereocenters. The second-order valence-corrected chi connectivity index (χ2v) is 27.7. The zero-order chi connectivity index (χ0) is 46.5. The summed E-state index contributed by atoms with van der Waals surface area (Å²) in [6, 6.07) is 5.28. The number of hydrogen-bond donors (Lipinski definition) is 0. The first-order chi connectivity index (χ1) is 33.2. The maximum atomic E-state index is 6.47. The first kappa shape index (κ1) is 50.3. The topological polar surface area (TPSA) is 45.4 Å². The smallest absolute Gasteiger partial charge is 0.219 e. The van der Waals surface area contributed by atoms with Gasteiger partial charge in [0.05, 0.1) is 0 Å².